The molecular weight excluding hydrogens is 849 g/mol. The van der Waals surface area contributed by atoms with Crippen molar-refractivity contribution in [2.75, 3.05) is 0 Å². The minimum atomic E-state index is 0.366. The minimum absolute atomic E-state index is 0.366. The summed E-state index contributed by atoms with van der Waals surface area (Å²) >= 11 is 0. The predicted molar refractivity (Wildman–Crippen MR) is 289 cm³/mol. The van der Waals surface area contributed by atoms with Gasteiger partial charge in [0.05, 0.1) is 11.0 Å². The molecule has 0 saturated carbocycles. The molecule has 13 rings (SSSR count). The number of aromatic nitrogens is 4. The summed E-state index contributed by atoms with van der Waals surface area (Å²) in [6, 6.07) is 89.4. The molecule has 0 N–H and O–H groups in total. The number of nitrogens with zero attached hydrogens (tertiary/aromatic N) is 4. The molecule has 2 aromatic heterocycles. The van der Waals surface area contributed by atoms with Gasteiger partial charge in [0.25, 0.3) is 0 Å². The van der Waals surface area contributed by atoms with E-state index >= 15 is 0 Å². The van der Waals surface area contributed by atoms with E-state index in [-0.39, 0.29) is 0 Å². The lowest BCUT2D eigenvalue weighted by molar-refractivity contribution is 0.674. The van der Waals surface area contributed by atoms with E-state index in [4.69, 9.17) is 15.0 Å². The van der Waals surface area contributed by atoms with Gasteiger partial charge in [0.1, 0.15) is 0 Å². The summed E-state index contributed by atoms with van der Waals surface area (Å²) in [5.41, 5.74) is 20.3. The summed E-state index contributed by atoms with van der Waals surface area (Å²) in [6.07, 6.45) is 1.96. The quantitative estimate of drug-likeness (QED) is 0.145. The molecular formula is C66H46N4. The Morgan fingerprint density at radius 1 is 0.343 bits per heavy atom. The summed E-state index contributed by atoms with van der Waals surface area (Å²) in [7, 11) is 0. The number of hydrogen-bond acceptors (Lipinski definition) is 3. The summed E-state index contributed by atoms with van der Waals surface area (Å²) in [6.45, 7) is 0. The Labute approximate surface area is 407 Å². The van der Waals surface area contributed by atoms with Crippen molar-refractivity contribution in [1.29, 1.82) is 0 Å². The molecule has 0 spiro atoms. The van der Waals surface area contributed by atoms with E-state index in [9.17, 15) is 0 Å². The Morgan fingerprint density at radius 3 is 1.59 bits per heavy atom. The maximum absolute atomic E-state index is 5.19. The summed E-state index contributed by atoms with van der Waals surface area (Å²) in [5.74, 6) is 2.25. The first kappa shape index (κ1) is 41.2. The maximum Gasteiger partial charge on any atom is 0.164 e. The van der Waals surface area contributed by atoms with Gasteiger partial charge < -0.3 is 4.57 Å². The molecule has 70 heavy (non-hydrogen) atoms. The molecule has 330 valence electrons. The van der Waals surface area contributed by atoms with Crippen molar-refractivity contribution < 1.29 is 0 Å². The second-order valence-corrected chi connectivity index (χ2v) is 18.3. The van der Waals surface area contributed by atoms with Gasteiger partial charge in [-0.1, -0.05) is 212 Å². The number of rotatable bonds is 9. The zero-order chi connectivity index (χ0) is 46.4. The van der Waals surface area contributed by atoms with E-state index in [1.807, 2.05) is 18.2 Å². The standard InChI is InChI=1S/C66H46N4/c1-3-17-44(18-4-1)49-37-38-52(41-54-40-50-21-7-8-26-56(50)58-28-10-9-27-57(54)58)61(43-49)51-23-15-22-48(39-51)45-33-35-47(36-34-45)65-67-64(46-19-5-2-6-20-46)68-66(69-65)53-24-16-25-55(42-53)70-62-31-13-11-29-59(62)60-30-12-14-32-63(60)70/h1-39,42-43,54H,40-41H2. The molecule has 1 aliphatic carbocycles. The third-order valence-electron chi connectivity index (χ3n) is 14.1. The average Bonchev–Trinajstić information content (AvgIpc) is 3.78. The van der Waals surface area contributed by atoms with E-state index in [0.29, 0.717) is 23.4 Å². The third kappa shape index (κ3) is 7.57. The van der Waals surface area contributed by atoms with Gasteiger partial charge in [0, 0.05) is 33.2 Å². The summed E-state index contributed by atoms with van der Waals surface area (Å²) in [4.78, 5) is 15.4. The predicted octanol–water partition coefficient (Wildman–Crippen LogP) is 16.5. The zero-order valence-electron chi connectivity index (χ0n) is 38.5. The lowest BCUT2D eigenvalue weighted by Gasteiger charge is -2.29. The molecule has 4 heteroatoms. The van der Waals surface area contributed by atoms with Crippen molar-refractivity contribution in [1.82, 2.24) is 19.5 Å². The molecule has 1 atom stereocenters. The molecule has 0 amide bonds. The molecule has 10 aromatic carbocycles. The molecule has 0 aliphatic heterocycles. The highest BCUT2D eigenvalue weighted by molar-refractivity contribution is 6.09. The van der Waals surface area contributed by atoms with Crippen LogP contribution in [0.25, 0.3) is 106 Å². The van der Waals surface area contributed by atoms with Crippen LogP contribution < -0.4 is 0 Å². The van der Waals surface area contributed by atoms with Crippen LogP contribution in [0.5, 0.6) is 0 Å². The first-order valence-corrected chi connectivity index (χ1v) is 24.2. The molecule has 1 unspecified atom stereocenters. The zero-order valence-corrected chi connectivity index (χ0v) is 38.5. The van der Waals surface area contributed by atoms with Gasteiger partial charge in [-0.2, -0.15) is 0 Å². The van der Waals surface area contributed by atoms with Gasteiger partial charge >= 0.3 is 0 Å². The first-order valence-electron chi connectivity index (χ1n) is 24.2. The molecule has 0 bridgehead atoms. The van der Waals surface area contributed by atoms with Crippen LogP contribution in [0.3, 0.4) is 0 Å². The molecule has 0 fully saturated rings. The number of benzene rings is 10. The average molecular weight is 895 g/mol. The Morgan fingerprint density at radius 2 is 0.843 bits per heavy atom. The monoisotopic (exact) mass is 894 g/mol. The Bertz CT molecular complexity index is 3840. The van der Waals surface area contributed by atoms with Crippen LogP contribution in [0, 0.1) is 0 Å². The van der Waals surface area contributed by atoms with Crippen molar-refractivity contribution in [3.63, 3.8) is 0 Å². The lowest BCUT2D eigenvalue weighted by Crippen LogP contribution is -2.14. The van der Waals surface area contributed by atoms with Crippen molar-refractivity contribution in [3.05, 3.63) is 265 Å². The van der Waals surface area contributed by atoms with Crippen LogP contribution in [-0.4, -0.2) is 19.5 Å². The number of hydrogen-bond donors (Lipinski definition) is 0. The fraction of sp³-hybridized carbons (Fsp3) is 0.0455. The third-order valence-corrected chi connectivity index (χ3v) is 14.1. The Balaban J connectivity index is 0.861. The molecule has 0 saturated heterocycles. The van der Waals surface area contributed by atoms with E-state index < -0.39 is 0 Å². The second kappa shape index (κ2) is 17.6. The maximum atomic E-state index is 5.19. The van der Waals surface area contributed by atoms with Crippen molar-refractivity contribution in [2.45, 2.75) is 18.8 Å². The van der Waals surface area contributed by atoms with Gasteiger partial charge in [0.2, 0.25) is 0 Å². The van der Waals surface area contributed by atoms with E-state index in [1.54, 1.807) is 0 Å². The topological polar surface area (TPSA) is 43.6 Å². The van der Waals surface area contributed by atoms with Crippen LogP contribution in [0.1, 0.15) is 22.6 Å². The van der Waals surface area contributed by atoms with E-state index in [1.165, 1.54) is 60.8 Å². The highest BCUT2D eigenvalue weighted by atomic mass is 15.0. The molecule has 2 heterocycles. The van der Waals surface area contributed by atoms with Crippen LogP contribution in [0.4, 0.5) is 0 Å². The summed E-state index contributed by atoms with van der Waals surface area (Å²) in [5, 5.41) is 2.45. The minimum Gasteiger partial charge on any atom is -0.309 e. The van der Waals surface area contributed by atoms with Gasteiger partial charge in [-0.05, 0) is 116 Å². The highest BCUT2D eigenvalue weighted by Crippen LogP contribution is 2.43. The van der Waals surface area contributed by atoms with E-state index in [0.717, 1.165) is 57.4 Å². The van der Waals surface area contributed by atoms with Crippen LogP contribution in [0.2, 0.25) is 0 Å². The van der Waals surface area contributed by atoms with Crippen molar-refractivity contribution in [2.24, 2.45) is 0 Å². The lowest BCUT2D eigenvalue weighted by atomic mass is 9.75. The number of para-hydroxylation sites is 2. The largest absolute Gasteiger partial charge is 0.309 e. The Hall–Kier alpha value is -8.99. The fourth-order valence-corrected chi connectivity index (χ4v) is 10.7. The van der Waals surface area contributed by atoms with Gasteiger partial charge in [-0.3, -0.25) is 0 Å². The SMILES string of the molecule is c1ccc(-c2ccc(CC3Cc4ccccc4-c4ccccc43)c(-c3cccc(-c4ccc(-c5nc(-c6ccccc6)nc(-c6cccc(-n7c8ccccc8c8ccccc87)c6)n5)cc4)c3)c2)cc1. The highest BCUT2D eigenvalue weighted by Gasteiger charge is 2.26. The van der Waals surface area contributed by atoms with Crippen LogP contribution in [0.15, 0.2) is 249 Å². The van der Waals surface area contributed by atoms with Crippen molar-refractivity contribution in [3.8, 4) is 84.4 Å². The first-order chi connectivity index (χ1) is 34.7. The van der Waals surface area contributed by atoms with Crippen molar-refractivity contribution >= 4 is 21.8 Å². The number of fused-ring (bicyclic) bond motifs is 6. The molecule has 0 radical (unpaired) electrons. The normalized spacial score (nSPS) is 13.0. The fourth-order valence-electron chi connectivity index (χ4n) is 10.7. The van der Waals surface area contributed by atoms with Gasteiger partial charge in [-0.15, -0.1) is 0 Å². The van der Waals surface area contributed by atoms with Gasteiger partial charge in [0.15, 0.2) is 17.5 Å². The Kier molecular flexibility index (Phi) is 10.4. The molecule has 4 nitrogen and oxygen atoms in total. The second-order valence-electron chi connectivity index (χ2n) is 18.3. The van der Waals surface area contributed by atoms with Crippen LogP contribution >= 0.6 is 0 Å². The summed E-state index contributed by atoms with van der Waals surface area (Å²) < 4.78 is 2.33. The smallest absolute Gasteiger partial charge is 0.164 e. The molecule has 1 aliphatic rings. The van der Waals surface area contributed by atoms with Gasteiger partial charge in [-0.25, -0.2) is 15.0 Å². The van der Waals surface area contributed by atoms with E-state index in [2.05, 4.69) is 235 Å². The van der Waals surface area contributed by atoms with Crippen LogP contribution in [-0.2, 0) is 12.8 Å². The molecule has 12 aromatic rings.